The Hall–Kier alpha value is -0.680. The monoisotopic (exact) mass is 247 g/mol. The summed E-state index contributed by atoms with van der Waals surface area (Å²) < 4.78 is 31.3. The summed E-state index contributed by atoms with van der Waals surface area (Å²) >= 11 is 0. The number of nitrogens with one attached hydrogen (secondary N) is 2. The van der Waals surface area contributed by atoms with Gasteiger partial charge in [0.25, 0.3) is 0 Å². The van der Waals surface area contributed by atoms with E-state index in [0.717, 1.165) is 0 Å². The Morgan fingerprint density at radius 1 is 1.62 bits per heavy atom. The lowest BCUT2D eigenvalue weighted by atomic mass is 10.2. The first-order valence-electron chi connectivity index (χ1n) is 5.19. The molecule has 2 N–H and O–H groups in total. The summed E-state index contributed by atoms with van der Waals surface area (Å²) in [6.45, 7) is 2.82. The number of methoxy groups -OCH3 is 1. The summed E-state index contributed by atoms with van der Waals surface area (Å²) in [4.78, 5) is 0. The number of nitrogens with zero attached hydrogens (tertiary/aromatic N) is 1. The number of hydrogen-bond acceptors (Lipinski definition) is 5. The predicted octanol–water partition coefficient (Wildman–Crippen LogP) is -0.805. The van der Waals surface area contributed by atoms with Crippen molar-refractivity contribution in [2.45, 2.75) is 30.7 Å². The fraction of sp³-hybridized carbons (Fsp3) is 0.889. The number of sulfonamides is 1. The molecule has 0 aliphatic carbocycles. The van der Waals surface area contributed by atoms with Gasteiger partial charge in [0.1, 0.15) is 0 Å². The van der Waals surface area contributed by atoms with Gasteiger partial charge in [0.05, 0.1) is 18.2 Å². The maximum Gasteiger partial charge on any atom is 0.228 e. The zero-order chi connectivity index (χ0) is 12.2. The number of nitriles is 1. The molecule has 16 heavy (non-hydrogen) atoms. The average molecular weight is 247 g/mol. The Labute approximate surface area is 96.0 Å². The van der Waals surface area contributed by atoms with Gasteiger partial charge in [-0.2, -0.15) is 5.26 Å². The number of hydrogen-bond donors (Lipinski definition) is 2. The van der Waals surface area contributed by atoms with Crippen molar-refractivity contribution in [1.29, 1.82) is 5.26 Å². The predicted molar refractivity (Wildman–Crippen MR) is 59.2 cm³/mol. The van der Waals surface area contributed by atoms with Gasteiger partial charge in [0.15, 0.2) is 5.25 Å². The van der Waals surface area contributed by atoms with Crippen molar-refractivity contribution < 1.29 is 13.2 Å². The third-order valence-electron chi connectivity index (χ3n) is 2.67. The van der Waals surface area contributed by atoms with E-state index in [2.05, 4.69) is 10.0 Å². The molecule has 1 fully saturated rings. The second-order valence-corrected chi connectivity index (χ2v) is 5.62. The lowest BCUT2D eigenvalue weighted by Crippen LogP contribution is -2.46. The van der Waals surface area contributed by atoms with Crippen LogP contribution in [0.4, 0.5) is 0 Å². The quantitative estimate of drug-likeness (QED) is 0.663. The maximum atomic E-state index is 11.8. The molecular formula is C9H17N3O3S. The number of ether oxygens (including phenoxy) is 1. The van der Waals surface area contributed by atoms with Crippen molar-refractivity contribution in [3.8, 4) is 6.07 Å². The Morgan fingerprint density at radius 2 is 2.31 bits per heavy atom. The largest absolute Gasteiger partial charge is 0.378 e. The molecule has 6 nitrogen and oxygen atoms in total. The minimum Gasteiger partial charge on any atom is -0.378 e. The first-order chi connectivity index (χ1) is 7.55. The average Bonchev–Trinajstić information content (AvgIpc) is 2.65. The van der Waals surface area contributed by atoms with Gasteiger partial charge in [-0.3, -0.25) is 0 Å². The van der Waals surface area contributed by atoms with Crippen LogP contribution in [0, 0.1) is 11.3 Å². The van der Waals surface area contributed by atoms with Gasteiger partial charge in [-0.05, 0) is 6.42 Å². The highest BCUT2D eigenvalue weighted by atomic mass is 32.2. The summed E-state index contributed by atoms with van der Waals surface area (Å²) in [6.07, 6.45) is 0.106. The molecule has 1 rings (SSSR count). The van der Waals surface area contributed by atoms with Crippen molar-refractivity contribution in [1.82, 2.24) is 10.0 Å². The highest BCUT2D eigenvalue weighted by Gasteiger charge is 2.33. The van der Waals surface area contributed by atoms with Crippen molar-refractivity contribution in [2.75, 3.05) is 20.2 Å². The highest BCUT2D eigenvalue weighted by molar-refractivity contribution is 7.90. The Morgan fingerprint density at radius 3 is 2.81 bits per heavy atom. The zero-order valence-corrected chi connectivity index (χ0v) is 10.3. The van der Waals surface area contributed by atoms with Crippen molar-refractivity contribution >= 4 is 10.0 Å². The van der Waals surface area contributed by atoms with E-state index < -0.39 is 15.3 Å². The Balaban J connectivity index is 2.69. The highest BCUT2D eigenvalue weighted by Crippen LogP contribution is 2.09. The Bertz CT molecular complexity index is 363. The first kappa shape index (κ1) is 13.4. The second kappa shape index (κ2) is 5.59. The summed E-state index contributed by atoms with van der Waals surface area (Å²) in [5.41, 5.74) is 0. The van der Waals surface area contributed by atoms with E-state index in [1.54, 1.807) is 20.1 Å². The topological polar surface area (TPSA) is 91.2 Å². The third kappa shape index (κ3) is 2.92. The van der Waals surface area contributed by atoms with Crippen LogP contribution >= 0.6 is 0 Å². The fourth-order valence-electron chi connectivity index (χ4n) is 1.69. The molecule has 0 saturated carbocycles. The van der Waals surface area contributed by atoms with Crippen LogP contribution < -0.4 is 10.0 Å². The summed E-state index contributed by atoms with van der Waals surface area (Å²) in [5.74, 6) is 0. The van der Waals surface area contributed by atoms with Crippen LogP contribution in [-0.4, -0.2) is 46.0 Å². The molecule has 0 radical (unpaired) electrons. The van der Waals surface area contributed by atoms with Gasteiger partial charge in [0.2, 0.25) is 10.0 Å². The molecule has 1 saturated heterocycles. The minimum atomic E-state index is -3.58. The van der Waals surface area contributed by atoms with Crippen molar-refractivity contribution in [2.24, 2.45) is 0 Å². The molecule has 0 aromatic heterocycles. The van der Waals surface area contributed by atoms with Crippen LogP contribution in [0.25, 0.3) is 0 Å². The van der Waals surface area contributed by atoms with Crippen molar-refractivity contribution in [3.63, 3.8) is 0 Å². The molecule has 7 heteroatoms. The van der Waals surface area contributed by atoms with E-state index in [-0.39, 0.29) is 18.6 Å². The number of rotatable bonds is 5. The van der Waals surface area contributed by atoms with E-state index in [9.17, 15) is 8.42 Å². The van der Waals surface area contributed by atoms with Gasteiger partial charge in [-0.15, -0.1) is 0 Å². The molecule has 0 aromatic rings. The molecule has 1 heterocycles. The van der Waals surface area contributed by atoms with Crippen LogP contribution in [0.3, 0.4) is 0 Å². The van der Waals surface area contributed by atoms with Crippen LogP contribution in [-0.2, 0) is 14.8 Å². The van der Waals surface area contributed by atoms with Gasteiger partial charge < -0.3 is 10.1 Å². The molecule has 0 bridgehead atoms. The SMILES string of the molecule is CCC(C#N)S(=O)(=O)NC1CNC[C@@H]1OC. The van der Waals surface area contributed by atoms with Gasteiger partial charge in [-0.1, -0.05) is 6.92 Å². The molecule has 1 aliphatic rings. The zero-order valence-electron chi connectivity index (χ0n) is 9.43. The van der Waals surface area contributed by atoms with E-state index in [0.29, 0.717) is 13.1 Å². The second-order valence-electron chi connectivity index (χ2n) is 3.73. The van der Waals surface area contributed by atoms with E-state index >= 15 is 0 Å². The Kier molecular flexibility index (Phi) is 4.68. The van der Waals surface area contributed by atoms with Crippen molar-refractivity contribution in [3.05, 3.63) is 0 Å². The summed E-state index contributed by atoms with van der Waals surface area (Å²) in [5, 5.41) is 10.8. The van der Waals surface area contributed by atoms with Crippen LogP contribution in [0.2, 0.25) is 0 Å². The normalized spacial score (nSPS) is 27.6. The van der Waals surface area contributed by atoms with Gasteiger partial charge >= 0.3 is 0 Å². The fourth-order valence-corrected chi connectivity index (χ4v) is 3.09. The molecule has 2 unspecified atom stereocenters. The molecule has 0 amide bonds. The van der Waals surface area contributed by atoms with Crippen LogP contribution in [0.5, 0.6) is 0 Å². The minimum absolute atomic E-state index is 0.175. The lowest BCUT2D eigenvalue weighted by Gasteiger charge is -2.19. The molecule has 0 spiro atoms. The third-order valence-corrected chi connectivity index (χ3v) is 4.49. The summed E-state index contributed by atoms with van der Waals surface area (Å²) in [7, 11) is -2.04. The van der Waals surface area contributed by atoms with E-state index in [1.165, 1.54) is 0 Å². The lowest BCUT2D eigenvalue weighted by molar-refractivity contribution is 0.103. The molecule has 1 aliphatic heterocycles. The van der Waals surface area contributed by atoms with E-state index in [4.69, 9.17) is 10.00 Å². The van der Waals surface area contributed by atoms with Gasteiger partial charge in [-0.25, -0.2) is 13.1 Å². The first-order valence-corrected chi connectivity index (χ1v) is 6.74. The molecule has 92 valence electrons. The van der Waals surface area contributed by atoms with E-state index in [1.807, 2.05) is 0 Å². The van der Waals surface area contributed by atoms with Crippen LogP contribution in [0.1, 0.15) is 13.3 Å². The summed E-state index contributed by atoms with van der Waals surface area (Å²) in [6, 6.07) is 1.49. The maximum absolute atomic E-state index is 11.8. The smallest absolute Gasteiger partial charge is 0.228 e. The molecule has 0 aromatic carbocycles. The van der Waals surface area contributed by atoms with Crippen LogP contribution in [0.15, 0.2) is 0 Å². The molecular weight excluding hydrogens is 230 g/mol. The standard InChI is InChI=1S/C9H17N3O3S/c1-3-7(4-10)16(13,14)12-8-5-11-6-9(8)15-2/h7-9,11-12H,3,5-6H2,1-2H3/t7?,8?,9-/m0/s1. The van der Waals surface area contributed by atoms with Gasteiger partial charge in [0, 0.05) is 20.2 Å². The molecule has 3 atom stereocenters.